The van der Waals surface area contributed by atoms with Crippen LogP contribution < -0.4 is 0 Å². The molecule has 0 saturated carbocycles. The van der Waals surface area contributed by atoms with Crippen LogP contribution in [0.4, 0.5) is 0 Å². The highest BCUT2D eigenvalue weighted by Gasteiger charge is 2.56. The summed E-state index contributed by atoms with van der Waals surface area (Å²) < 4.78 is 22.0. The van der Waals surface area contributed by atoms with E-state index in [1.54, 1.807) is 14.2 Å². The Bertz CT molecular complexity index is 606. The molecule has 1 N–H and O–H groups in total. The van der Waals surface area contributed by atoms with Gasteiger partial charge in [0.2, 0.25) is 0 Å². The first-order valence-corrected chi connectivity index (χ1v) is 7.83. The molecule has 3 rings (SSSR count). The van der Waals surface area contributed by atoms with E-state index in [2.05, 4.69) is 5.16 Å². The van der Waals surface area contributed by atoms with Crippen molar-refractivity contribution in [1.29, 1.82) is 0 Å². The first kappa shape index (κ1) is 17.3. The summed E-state index contributed by atoms with van der Waals surface area (Å²) in [5.41, 5.74) is 1.78. The van der Waals surface area contributed by atoms with Crippen LogP contribution in [-0.2, 0) is 23.8 Å². The number of aliphatic hydroxyl groups excluding tert-OH is 1. The lowest BCUT2D eigenvalue weighted by atomic mass is 9.71. The molecule has 7 nitrogen and oxygen atoms in total. The van der Waals surface area contributed by atoms with Gasteiger partial charge in [0, 0.05) is 19.8 Å². The molecule has 1 aliphatic heterocycles. The van der Waals surface area contributed by atoms with Gasteiger partial charge >= 0.3 is 0 Å². The predicted molar refractivity (Wildman–Crippen MR) is 85.5 cm³/mol. The Hall–Kier alpha value is -1.51. The average molecular weight is 337 g/mol. The number of methoxy groups -OCH3 is 2. The number of fused-ring (bicyclic) bond motifs is 3. The number of ether oxygens (including phenoxy) is 4. The van der Waals surface area contributed by atoms with E-state index < -0.39 is 11.7 Å². The Morgan fingerprint density at radius 1 is 1.17 bits per heavy atom. The summed E-state index contributed by atoms with van der Waals surface area (Å²) in [6, 6.07) is 7.84. The predicted octanol–water partition coefficient (Wildman–Crippen LogP) is 1.45. The minimum absolute atomic E-state index is 0.102. The number of hydrogen-bond acceptors (Lipinski definition) is 7. The molecule has 7 heteroatoms. The van der Waals surface area contributed by atoms with Gasteiger partial charge in [0.25, 0.3) is 0 Å². The molecule has 2 aliphatic rings. The molecule has 0 amide bonds. The molecule has 0 spiro atoms. The quantitative estimate of drug-likeness (QED) is 0.759. The van der Waals surface area contributed by atoms with E-state index in [4.69, 9.17) is 23.8 Å². The highest BCUT2D eigenvalue weighted by Crippen LogP contribution is 2.46. The largest absolute Gasteiger partial charge is 0.392 e. The second kappa shape index (κ2) is 7.16. The van der Waals surface area contributed by atoms with Gasteiger partial charge in [-0.2, -0.15) is 0 Å². The minimum atomic E-state index is -0.879. The number of benzene rings is 1. The topological polar surface area (TPSA) is 78.7 Å². The summed E-state index contributed by atoms with van der Waals surface area (Å²) in [5.74, 6) is -0.283. The van der Waals surface area contributed by atoms with Gasteiger partial charge < -0.3 is 28.9 Å². The first-order chi connectivity index (χ1) is 11.7. The molecule has 1 aromatic carbocycles. The molecular weight excluding hydrogens is 314 g/mol. The second-order valence-electron chi connectivity index (χ2n) is 6.14. The van der Waals surface area contributed by atoms with Gasteiger partial charge in [0.15, 0.2) is 5.60 Å². The SMILES string of the molecule is COCO[C@H]1[C@H]2C(=NO[C@]2(C)CO)c2ccccc2[C@@H]1OCOC. The maximum Gasteiger partial charge on any atom is 0.168 e. The van der Waals surface area contributed by atoms with Crippen molar-refractivity contribution in [3.8, 4) is 0 Å². The molecule has 0 fully saturated rings. The van der Waals surface area contributed by atoms with Gasteiger partial charge in [-0.05, 0) is 12.5 Å². The maximum atomic E-state index is 9.87. The fraction of sp³-hybridized carbons (Fsp3) is 0.588. The van der Waals surface area contributed by atoms with E-state index in [9.17, 15) is 5.11 Å². The molecule has 4 atom stereocenters. The van der Waals surface area contributed by atoms with Crippen LogP contribution >= 0.6 is 0 Å². The highest BCUT2D eigenvalue weighted by atomic mass is 16.7. The van der Waals surface area contributed by atoms with Crippen LogP contribution in [0.3, 0.4) is 0 Å². The summed E-state index contributed by atoms with van der Waals surface area (Å²) in [5, 5.41) is 14.1. The van der Waals surface area contributed by atoms with E-state index in [1.165, 1.54) is 0 Å². The highest BCUT2D eigenvalue weighted by molar-refractivity contribution is 6.06. The number of nitrogens with zero attached hydrogens (tertiary/aromatic N) is 1. The van der Waals surface area contributed by atoms with E-state index in [-0.39, 0.29) is 32.2 Å². The van der Waals surface area contributed by atoms with E-state index in [0.717, 1.165) is 16.8 Å². The number of aliphatic hydroxyl groups is 1. The Labute approximate surface area is 141 Å². The van der Waals surface area contributed by atoms with Crippen molar-refractivity contribution < 1.29 is 28.9 Å². The number of oxime groups is 1. The van der Waals surface area contributed by atoms with Crippen molar-refractivity contribution in [3.05, 3.63) is 35.4 Å². The molecule has 0 aromatic heterocycles. The zero-order valence-corrected chi connectivity index (χ0v) is 14.1. The van der Waals surface area contributed by atoms with Gasteiger partial charge in [-0.25, -0.2) is 0 Å². The summed E-state index contributed by atoms with van der Waals surface area (Å²) in [4.78, 5) is 5.59. The molecule has 24 heavy (non-hydrogen) atoms. The van der Waals surface area contributed by atoms with E-state index >= 15 is 0 Å². The van der Waals surface area contributed by atoms with Crippen LogP contribution in [0.1, 0.15) is 24.2 Å². The third kappa shape index (κ3) is 2.82. The molecule has 0 radical (unpaired) electrons. The molecule has 0 bridgehead atoms. The van der Waals surface area contributed by atoms with Crippen molar-refractivity contribution in [3.63, 3.8) is 0 Å². The lowest BCUT2D eigenvalue weighted by Crippen LogP contribution is -2.52. The van der Waals surface area contributed by atoms with Crippen molar-refractivity contribution >= 4 is 5.71 Å². The Morgan fingerprint density at radius 3 is 2.58 bits per heavy atom. The van der Waals surface area contributed by atoms with Crippen LogP contribution in [0.15, 0.2) is 29.4 Å². The maximum absolute atomic E-state index is 9.87. The van der Waals surface area contributed by atoms with Gasteiger partial charge in [-0.15, -0.1) is 0 Å². The van der Waals surface area contributed by atoms with Crippen LogP contribution in [-0.4, -0.2) is 56.9 Å². The summed E-state index contributed by atoms with van der Waals surface area (Å²) >= 11 is 0. The van der Waals surface area contributed by atoms with Crippen LogP contribution in [0.2, 0.25) is 0 Å². The third-order valence-electron chi connectivity index (χ3n) is 4.53. The average Bonchev–Trinajstić information content (AvgIpc) is 2.97. The van der Waals surface area contributed by atoms with Crippen molar-refractivity contribution in [2.45, 2.75) is 24.7 Å². The summed E-state index contributed by atoms with van der Waals surface area (Å²) in [6.45, 7) is 1.86. The smallest absolute Gasteiger partial charge is 0.168 e. The molecule has 1 aromatic rings. The van der Waals surface area contributed by atoms with Crippen LogP contribution in [0.5, 0.6) is 0 Å². The van der Waals surface area contributed by atoms with Crippen LogP contribution in [0.25, 0.3) is 0 Å². The van der Waals surface area contributed by atoms with E-state index in [1.807, 2.05) is 31.2 Å². The Morgan fingerprint density at radius 2 is 1.88 bits per heavy atom. The summed E-state index contributed by atoms with van der Waals surface area (Å²) in [6.07, 6.45) is -0.804. The van der Waals surface area contributed by atoms with Gasteiger partial charge in [0.05, 0.1) is 18.2 Å². The Balaban J connectivity index is 2.06. The number of rotatable bonds is 7. The normalized spacial score (nSPS) is 31.2. The van der Waals surface area contributed by atoms with E-state index in [0.29, 0.717) is 0 Å². The van der Waals surface area contributed by atoms with Gasteiger partial charge in [-0.3, -0.25) is 0 Å². The van der Waals surface area contributed by atoms with Crippen molar-refractivity contribution in [2.24, 2.45) is 11.1 Å². The lowest BCUT2D eigenvalue weighted by molar-refractivity contribution is -0.192. The molecule has 1 heterocycles. The molecule has 1 aliphatic carbocycles. The van der Waals surface area contributed by atoms with Gasteiger partial charge in [0.1, 0.15) is 25.8 Å². The fourth-order valence-electron chi connectivity index (χ4n) is 3.39. The standard InChI is InChI=1S/C17H23NO6/c1-17(8-19)13-14(18-24-17)11-6-4-5-7-12(11)15(22-9-20-2)16(13)23-10-21-3/h4-7,13,15-16,19H,8-10H2,1-3H3/t13-,15+,16+,17-/m1/s1. The van der Waals surface area contributed by atoms with Gasteiger partial charge in [-0.1, -0.05) is 29.4 Å². The minimum Gasteiger partial charge on any atom is -0.392 e. The molecular formula is C17H23NO6. The van der Waals surface area contributed by atoms with Crippen molar-refractivity contribution in [2.75, 3.05) is 34.4 Å². The monoisotopic (exact) mass is 337 g/mol. The zero-order valence-electron chi connectivity index (χ0n) is 14.1. The summed E-state index contributed by atoms with van der Waals surface area (Å²) in [7, 11) is 3.14. The molecule has 0 saturated heterocycles. The third-order valence-corrected chi connectivity index (χ3v) is 4.53. The van der Waals surface area contributed by atoms with Crippen molar-refractivity contribution in [1.82, 2.24) is 0 Å². The molecule has 0 unspecified atom stereocenters. The second-order valence-corrected chi connectivity index (χ2v) is 6.14. The number of hydrogen-bond donors (Lipinski definition) is 1. The first-order valence-electron chi connectivity index (χ1n) is 7.83. The fourth-order valence-corrected chi connectivity index (χ4v) is 3.39. The lowest BCUT2D eigenvalue weighted by Gasteiger charge is -2.41. The molecule has 132 valence electrons. The zero-order chi connectivity index (χ0) is 17.2. The Kier molecular flexibility index (Phi) is 5.17. The van der Waals surface area contributed by atoms with Crippen LogP contribution in [0, 0.1) is 5.92 Å².